The van der Waals surface area contributed by atoms with Gasteiger partial charge in [0, 0.05) is 5.41 Å². The molecule has 0 N–H and O–H groups in total. The lowest BCUT2D eigenvalue weighted by Crippen LogP contribution is -2.39. The number of benzene rings is 2. The van der Waals surface area contributed by atoms with Crippen molar-refractivity contribution in [2.45, 2.75) is 40.5 Å². The number of ether oxygens (including phenoxy) is 1. The van der Waals surface area contributed by atoms with E-state index in [-0.39, 0.29) is 11.3 Å². The van der Waals surface area contributed by atoms with Crippen LogP contribution in [-0.2, 0) is 14.3 Å². The van der Waals surface area contributed by atoms with E-state index in [0.29, 0.717) is 12.8 Å². The number of ketones is 1. The lowest BCUT2D eigenvalue weighted by Gasteiger charge is -2.31. The zero-order chi connectivity index (χ0) is 21.6. The van der Waals surface area contributed by atoms with Crippen molar-refractivity contribution in [3.8, 4) is 0 Å². The van der Waals surface area contributed by atoms with E-state index in [1.165, 1.54) is 6.92 Å². The molecule has 0 saturated carbocycles. The third-order valence-electron chi connectivity index (χ3n) is 5.18. The molecule has 0 aliphatic carbocycles. The predicted molar refractivity (Wildman–Crippen MR) is 116 cm³/mol. The summed E-state index contributed by atoms with van der Waals surface area (Å²) in [5, 5.41) is 1.85. The highest BCUT2D eigenvalue weighted by Gasteiger charge is 2.41. The van der Waals surface area contributed by atoms with E-state index < -0.39 is 23.3 Å². The van der Waals surface area contributed by atoms with Gasteiger partial charge in [0.2, 0.25) is 0 Å². The minimum Gasteiger partial charge on any atom is -0.389 e. The molecule has 0 aromatic heterocycles. The minimum absolute atomic E-state index is 0.268. The summed E-state index contributed by atoms with van der Waals surface area (Å²) < 4.78 is 5.12. The molecular weight excluding hydrogens is 364 g/mol. The van der Waals surface area contributed by atoms with Crippen LogP contribution in [0.5, 0.6) is 0 Å². The molecule has 0 radical (unpaired) electrons. The molecule has 152 valence electrons. The molecular formula is C25H28O4. The topological polar surface area (TPSA) is 60.4 Å². The summed E-state index contributed by atoms with van der Waals surface area (Å²) in [5.74, 6) is -3.03. The summed E-state index contributed by atoms with van der Waals surface area (Å²) in [6.07, 6.45) is 4.90. The van der Waals surface area contributed by atoms with Crippen molar-refractivity contribution < 1.29 is 19.1 Å². The highest BCUT2D eigenvalue weighted by Crippen LogP contribution is 2.36. The Bertz CT molecular complexity index is 966. The van der Waals surface area contributed by atoms with Crippen LogP contribution in [0.2, 0.25) is 0 Å². The first-order valence-electron chi connectivity index (χ1n) is 9.70. The van der Waals surface area contributed by atoms with Crippen molar-refractivity contribution >= 4 is 28.5 Å². The average Bonchev–Trinajstić information content (AvgIpc) is 2.66. The molecule has 2 atom stereocenters. The Labute approximate surface area is 172 Å². The fourth-order valence-electron chi connectivity index (χ4n) is 3.46. The Kier molecular flexibility index (Phi) is 7.27. The van der Waals surface area contributed by atoms with E-state index >= 15 is 0 Å². The van der Waals surface area contributed by atoms with Crippen LogP contribution < -0.4 is 0 Å². The standard InChI is InChI=1S/C25H28O4/c1-6-25(5,15-9-10-17(2)3)22(18(4)26)24(28)29-23(27)21-14-13-19-11-7-8-12-20(19)16-21/h6-8,10-14,16,22H,1,9,15H2,2-5H3. The Morgan fingerprint density at radius 1 is 1.07 bits per heavy atom. The summed E-state index contributed by atoms with van der Waals surface area (Å²) >= 11 is 0. The molecule has 0 fully saturated rings. The predicted octanol–water partition coefficient (Wildman–Crippen LogP) is 5.67. The van der Waals surface area contributed by atoms with Gasteiger partial charge in [0.1, 0.15) is 11.7 Å². The van der Waals surface area contributed by atoms with E-state index in [1.54, 1.807) is 31.2 Å². The molecule has 2 aromatic carbocycles. The van der Waals surface area contributed by atoms with Gasteiger partial charge >= 0.3 is 11.9 Å². The molecule has 0 aliphatic rings. The van der Waals surface area contributed by atoms with Crippen LogP contribution in [0.3, 0.4) is 0 Å². The highest BCUT2D eigenvalue weighted by atomic mass is 16.6. The van der Waals surface area contributed by atoms with Crippen LogP contribution in [-0.4, -0.2) is 17.7 Å². The van der Waals surface area contributed by atoms with Crippen molar-refractivity contribution in [2.75, 3.05) is 0 Å². The van der Waals surface area contributed by atoms with Gasteiger partial charge in [-0.3, -0.25) is 9.59 Å². The van der Waals surface area contributed by atoms with E-state index in [0.717, 1.165) is 16.3 Å². The summed E-state index contributed by atoms with van der Waals surface area (Å²) in [6.45, 7) is 10.9. The zero-order valence-corrected chi connectivity index (χ0v) is 17.5. The molecule has 29 heavy (non-hydrogen) atoms. The largest absolute Gasteiger partial charge is 0.389 e. The van der Waals surface area contributed by atoms with Gasteiger partial charge in [0.25, 0.3) is 0 Å². The maximum atomic E-state index is 12.8. The molecule has 0 aliphatic heterocycles. The van der Waals surface area contributed by atoms with Gasteiger partial charge in [-0.25, -0.2) is 4.79 Å². The Balaban J connectivity index is 2.22. The molecule has 4 heteroatoms. The molecule has 0 spiro atoms. The molecule has 0 heterocycles. The maximum absolute atomic E-state index is 12.8. The van der Waals surface area contributed by atoms with E-state index in [9.17, 15) is 14.4 Å². The number of fused-ring (bicyclic) bond motifs is 1. The van der Waals surface area contributed by atoms with E-state index in [2.05, 4.69) is 6.58 Å². The quantitative estimate of drug-likeness (QED) is 0.330. The zero-order valence-electron chi connectivity index (χ0n) is 17.5. The minimum atomic E-state index is -1.09. The van der Waals surface area contributed by atoms with E-state index in [1.807, 2.05) is 44.2 Å². The highest BCUT2D eigenvalue weighted by molar-refractivity contribution is 6.06. The smallest absolute Gasteiger partial charge is 0.345 e. The molecule has 0 amide bonds. The number of allylic oxidation sites excluding steroid dienone is 3. The third kappa shape index (κ3) is 5.50. The summed E-state index contributed by atoms with van der Waals surface area (Å²) in [6, 6.07) is 12.7. The van der Waals surface area contributed by atoms with Crippen LogP contribution in [0.15, 0.2) is 66.8 Å². The first-order chi connectivity index (χ1) is 13.7. The molecule has 0 saturated heterocycles. The second-order valence-corrected chi connectivity index (χ2v) is 7.84. The van der Waals surface area contributed by atoms with Crippen LogP contribution in [0, 0.1) is 11.3 Å². The van der Waals surface area contributed by atoms with Gasteiger partial charge in [0.15, 0.2) is 0 Å². The molecule has 2 rings (SSSR count). The molecule has 2 aromatic rings. The second-order valence-electron chi connectivity index (χ2n) is 7.84. The Morgan fingerprint density at radius 3 is 2.31 bits per heavy atom. The number of carbonyl (C=O) groups is 3. The van der Waals surface area contributed by atoms with Crippen LogP contribution in [0.25, 0.3) is 10.8 Å². The fourth-order valence-corrected chi connectivity index (χ4v) is 3.46. The van der Waals surface area contributed by atoms with Crippen molar-refractivity contribution in [3.63, 3.8) is 0 Å². The Morgan fingerprint density at radius 2 is 1.72 bits per heavy atom. The number of hydrogen-bond donors (Lipinski definition) is 0. The monoisotopic (exact) mass is 392 g/mol. The van der Waals surface area contributed by atoms with Crippen LogP contribution in [0.4, 0.5) is 0 Å². The summed E-state index contributed by atoms with van der Waals surface area (Å²) in [7, 11) is 0. The van der Waals surface area contributed by atoms with Gasteiger partial charge in [-0.15, -0.1) is 6.58 Å². The van der Waals surface area contributed by atoms with Crippen molar-refractivity contribution in [2.24, 2.45) is 11.3 Å². The first kappa shape index (κ1) is 22.3. The Hall–Kier alpha value is -3.01. The molecule has 2 unspecified atom stereocenters. The van der Waals surface area contributed by atoms with Crippen LogP contribution >= 0.6 is 0 Å². The van der Waals surface area contributed by atoms with Crippen molar-refractivity contribution in [3.05, 3.63) is 72.3 Å². The fraction of sp³-hybridized carbons (Fsp3) is 0.320. The lowest BCUT2D eigenvalue weighted by molar-refractivity contribution is -0.150. The third-order valence-corrected chi connectivity index (χ3v) is 5.18. The average molecular weight is 392 g/mol. The molecule has 4 nitrogen and oxygen atoms in total. The normalized spacial score (nSPS) is 13.8. The number of Topliss-reactive ketones (excluding diaryl/α,β-unsaturated/α-hetero) is 1. The van der Waals surface area contributed by atoms with Crippen molar-refractivity contribution in [1.82, 2.24) is 0 Å². The number of esters is 2. The van der Waals surface area contributed by atoms with E-state index in [4.69, 9.17) is 4.74 Å². The SMILES string of the molecule is C=CC(C)(CCC=C(C)C)C(C(C)=O)C(=O)OC(=O)c1ccc2ccccc2c1. The van der Waals surface area contributed by atoms with Gasteiger partial charge in [-0.1, -0.05) is 55.0 Å². The molecule has 0 bridgehead atoms. The summed E-state index contributed by atoms with van der Waals surface area (Å²) in [4.78, 5) is 37.7. The van der Waals surface area contributed by atoms with Gasteiger partial charge in [0.05, 0.1) is 5.56 Å². The van der Waals surface area contributed by atoms with Gasteiger partial charge in [-0.2, -0.15) is 0 Å². The summed E-state index contributed by atoms with van der Waals surface area (Å²) in [5.41, 5.74) is 0.618. The van der Waals surface area contributed by atoms with Gasteiger partial charge in [-0.05, 0) is 56.5 Å². The number of carbonyl (C=O) groups excluding carboxylic acids is 3. The maximum Gasteiger partial charge on any atom is 0.345 e. The van der Waals surface area contributed by atoms with Crippen molar-refractivity contribution in [1.29, 1.82) is 0 Å². The first-order valence-corrected chi connectivity index (χ1v) is 9.70. The van der Waals surface area contributed by atoms with Gasteiger partial charge < -0.3 is 4.74 Å². The number of hydrogen-bond acceptors (Lipinski definition) is 4. The number of rotatable bonds is 8. The van der Waals surface area contributed by atoms with Crippen LogP contribution in [0.1, 0.15) is 50.9 Å². The lowest BCUT2D eigenvalue weighted by atomic mass is 9.72. The second kappa shape index (κ2) is 9.46.